The lowest BCUT2D eigenvalue weighted by Gasteiger charge is -2.37. The zero-order valence-corrected chi connectivity index (χ0v) is 21.1. The number of rotatable bonds is 3. The summed E-state index contributed by atoms with van der Waals surface area (Å²) in [5.74, 6) is 0.372. The van der Waals surface area contributed by atoms with E-state index in [2.05, 4.69) is 59.7 Å². The molecule has 0 radical (unpaired) electrons. The molecule has 36 heavy (non-hydrogen) atoms. The molecule has 2 heterocycles. The van der Waals surface area contributed by atoms with Crippen LogP contribution in [0.3, 0.4) is 0 Å². The van der Waals surface area contributed by atoms with Crippen molar-refractivity contribution in [2.45, 2.75) is 20.8 Å². The number of aryl methyl sites for hydroxylation is 3. The lowest BCUT2D eigenvalue weighted by molar-refractivity contribution is 0.0664. The molecule has 5 rings (SSSR count). The molecule has 1 fully saturated rings. The maximum absolute atomic E-state index is 13.0. The number of likely N-dealkylation sites (N-methyl/N-ethyl adjacent to an activating group) is 1. The summed E-state index contributed by atoms with van der Waals surface area (Å²) in [5, 5.41) is 16.9. The predicted octanol–water partition coefficient (Wildman–Crippen LogP) is 4.59. The number of benzene rings is 3. The predicted molar refractivity (Wildman–Crippen MR) is 146 cm³/mol. The molecule has 0 saturated carbocycles. The Morgan fingerprint density at radius 1 is 0.944 bits per heavy atom. The zero-order chi connectivity index (χ0) is 25.4. The topological polar surface area (TPSA) is 86.3 Å². The second kappa shape index (κ2) is 9.64. The Hall–Kier alpha value is -3.88. The average Bonchev–Trinajstić information content (AvgIpc) is 2.85. The number of hydrogen-bond donors (Lipinski definition) is 2. The minimum Gasteiger partial charge on any atom is -0.739 e. The van der Waals surface area contributed by atoms with Gasteiger partial charge in [0.1, 0.15) is 0 Å². The van der Waals surface area contributed by atoms with E-state index >= 15 is 0 Å². The highest BCUT2D eigenvalue weighted by molar-refractivity contribution is 6.01. The molecule has 0 aliphatic carbocycles. The number of nitrogens with one attached hydrogen (secondary N) is 2. The van der Waals surface area contributed by atoms with Crippen LogP contribution in [0, 0.1) is 26.0 Å². The van der Waals surface area contributed by atoms with Crippen molar-refractivity contribution < 1.29 is 4.79 Å². The van der Waals surface area contributed by atoms with Gasteiger partial charge in [-0.25, -0.2) is 4.99 Å². The lowest BCUT2D eigenvalue weighted by atomic mass is 9.93. The number of fused-ring (bicyclic) bond motifs is 1. The molecule has 1 amide bonds. The summed E-state index contributed by atoms with van der Waals surface area (Å²) in [7, 11) is 2.07. The van der Waals surface area contributed by atoms with Gasteiger partial charge in [-0.2, -0.15) is 0 Å². The second-order valence-electron chi connectivity index (χ2n) is 9.59. The normalized spacial score (nSPS) is 15.8. The van der Waals surface area contributed by atoms with Crippen LogP contribution in [0.1, 0.15) is 27.0 Å². The van der Waals surface area contributed by atoms with E-state index < -0.39 is 0 Å². The Labute approximate surface area is 211 Å². The Balaban J connectivity index is 1.35. The summed E-state index contributed by atoms with van der Waals surface area (Å²) in [4.78, 5) is 21.6. The van der Waals surface area contributed by atoms with Gasteiger partial charge in [0.15, 0.2) is 0 Å². The fraction of sp³-hybridized carbons (Fsp3) is 0.286. The first kappa shape index (κ1) is 23.8. The monoisotopic (exact) mass is 483 g/mol. The van der Waals surface area contributed by atoms with Crippen LogP contribution in [0.25, 0.3) is 11.1 Å². The van der Waals surface area contributed by atoms with Crippen LogP contribution in [-0.2, 0) is 0 Å². The highest BCUT2D eigenvalue weighted by Crippen LogP contribution is 2.39. The molecule has 0 bridgehead atoms. The Morgan fingerprint density at radius 2 is 1.61 bits per heavy atom. The largest absolute Gasteiger partial charge is 0.739 e. The first-order valence-corrected chi connectivity index (χ1v) is 12.2. The van der Waals surface area contributed by atoms with E-state index in [4.69, 9.17) is 0 Å². The maximum atomic E-state index is 13.0. The van der Waals surface area contributed by atoms with Gasteiger partial charge in [-0.05, 0) is 92.0 Å². The van der Waals surface area contributed by atoms with Crippen molar-refractivity contribution in [1.82, 2.24) is 15.2 Å². The highest BCUT2D eigenvalue weighted by Gasteiger charge is 2.21. The molecular formula is C28H31N6O2-. The third kappa shape index (κ3) is 4.65. The summed E-state index contributed by atoms with van der Waals surface area (Å²) in [6, 6.07) is 17.4. The number of aliphatic imine (C=N–C) groups is 1. The number of anilines is 2. The van der Waals surface area contributed by atoms with Gasteiger partial charge in [-0.1, -0.05) is 18.2 Å². The molecular weight excluding hydrogens is 452 g/mol. The van der Waals surface area contributed by atoms with Crippen molar-refractivity contribution in [3.63, 3.8) is 0 Å². The molecule has 186 valence electrons. The lowest BCUT2D eigenvalue weighted by Crippen LogP contribution is -2.47. The van der Waals surface area contributed by atoms with Gasteiger partial charge in [0.05, 0.1) is 11.4 Å². The fourth-order valence-electron chi connectivity index (χ4n) is 4.85. The molecule has 0 unspecified atom stereocenters. The number of nitrogens with zero attached hydrogens (tertiary/aromatic N) is 4. The van der Waals surface area contributed by atoms with Crippen LogP contribution in [0.15, 0.2) is 59.6 Å². The minimum absolute atomic E-state index is 0.0396. The van der Waals surface area contributed by atoms with Crippen molar-refractivity contribution >= 4 is 28.9 Å². The summed E-state index contributed by atoms with van der Waals surface area (Å²) in [6.45, 7) is 9.36. The number of piperazine rings is 1. The van der Waals surface area contributed by atoms with Crippen LogP contribution >= 0.6 is 0 Å². The summed E-state index contributed by atoms with van der Waals surface area (Å²) in [6.07, 6.45) is 0. The fourth-order valence-corrected chi connectivity index (χ4v) is 4.85. The SMILES string of the molecule is Cc1cc(-c2c(C)cccc2C)cc2c1N=C(Nc1ccc(C(=O)N3CCN(C)CC3)cc1)NN2[O-]. The van der Waals surface area contributed by atoms with Crippen molar-refractivity contribution in [1.29, 1.82) is 0 Å². The first-order valence-electron chi connectivity index (χ1n) is 12.2. The summed E-state index contributed by atoms with van der Waals surface area (Å²) < 4.78 is 0. The van der Waals surface area contributed by atoms with Crippen molar-refractivity contribution in [3.05, 3.63) is 82.1 Å². The number of guanidine groups is 1. The Morgan fingerprint density at radius 3 is 2.28 bits per heavy atom. The van der Waals surface area contributed by atoms with Crippen LogP contribution in [0.5, 0.6) is 0 Å². The van der Waals surface area contributed by atoms with E-state index in [1.165, 1.54) is 0 Å². The molecule has 3 aromatic rings. The molecule has 2 aliphatic heterocycles. The molecule has 0 spiro atoms. The smallest absolute Gasteiger partial charge is 0.253 e. The third-order valence-corrected chi connectivity index (χ3v) is 6.89. The van der Waals surface area contributed by atoms with Crippen molar-refractivity contribution in [2.24, 2.45) is 4.99 Å². The molecule has 0 atom stereocenters. The van der Waals surface area contributed by atoms with Crippen molar-refractivity contribution in [3.8, 4) is 11.1 Å². The minimum atomic E-state index is 0.0396. The molecule has 0 aromatic heterocycles. The summed E-state index contributed by atoms with van der Waals surface area (Å²) >= 11 is 0. The van der Waals surface area contributed by atoms with Crippen LogP contribution in [0.2, 0.25) is 0 Å². The Kier molecular flexibility index (Phi) is 6.38. The van der Waals surface area contributed by atoms with E-state index in [0.29, 0.717) is 22.9 Å². The molecule has 8 heteroatoms. The molecule has 2 N–H and O–H groups in total. The summed E-state index contributed by atoms with van der Waals surface area (Å²) in [5.41, 5.74) is 10.6. The number of carbonyl (C=O) groups excluding carboxylic acids is 1. The second-order valence-corrected chi connectivity index (χ2v) is 9.59. The average molecular weight is 484 g/mol. The molecule has 3 aromatic carbocycles. The van der Waals surface area contributed by atoms with Gasteiger partial charge in [0.2, 0.25) is 5.96 Å². The standard InChI is InChI=1S/C28H31N6O2/c1-18-6-5-7-19(2)25(18)22-16-20(3)26-24(17-22)34(36)31-28(30-26)29-23-10-8-21(9-11-23)27(35)33-14-12-32(4)13-15-33/h5-11,16-17H,12-15H2,1-4H3,(H2,29,30,31)/q-1. The van der Waals surface area contributed by atoms with Gasteiger partial charge in [-0.3, -0.25) is 10.2 Å². The van der Waals surface area contributed by atoms with Crippen molar-refractivity contribution in [2.75, 3.05) is 43.7 Å². The quantitative estimate of drug-likeness (QED) is 0.567. The van der Waals surface area contributed by atoms with E-state index in [9.17, 15) is 10.0 Å². The van der Waals surface area contributed by atoms with Gasteiger partial charge >= 0.3 is 0 Å². The maximum Gasteiger partial charge on any atom is 0.253 e. The zero-order valence-electron chi connectivity index (χ0n) is 21.1. The van der Waals surface area contributed by atoms with E-state index in [1.54, 1.807) is 12.1 Å². The number of carbonyl (C=O) groups is 1. The molecule has 8 nitrogen and oxygen atoms in total. The first-order chi connectivity index (χ1) is 17.3. The van der Waals surface area contributed by atoms with Gasteiger partial charge in [-0.15, -0.1) is 0 Å². The highest BCUT2D eigenvalue weighted by atomic mass is 16.5. The number of hydrogen-bond acceptors (Lipinski definition) is 7. The van der Waals surface area contributed by atoms with E-state index in [1.807, 2.05) is 36.1 Å². The van der Waals surface area contributed by atoms with Gasteiger partial charge in [0.25, 0.3) is 5.91 Å². The third-order valence-electron chi connectivity index (χ3n) is 6.89. The van der Waals surface area contributed by atoms with Crippen LogP contribution in [0.4, 0.5) is 17.1 Å². The molecule has 2 aliphatic rings. The number of amides is 1. The van der Waals surface area contributed by atoms with E-state index in [0.717, 1.165) is 64.9 Å². The van der Waals surface area contributed by atoms with E-state index in [-0.39, 0.29) is 5.91 Å². The number of hydrazine groups is 1. The van der Waals surface area contributed by atoms with Gasteiger partial charge in [0, 0.05) is 37.4 Å². The molecule has 1 saturated heterocycles. The van der Waals surface area contributed by atoms with Gasteiger partial charge < -0.3 is 25.5 Å². The Bertz CT molecular complexity index is 1310. The van der Waals surface area contributed by atoms with Crippen LogP contribution in [-0.4, -0.2) is 54.9 Å². The van der Waals surface area contributed by atoms with Crippen LogP contribution < -0.4 is 15.9 Å².